The topological polar surface area (TPSA) is 89.1 Å². The van der Waals surface area contributed by atoms with E-state index >= 15 is 0 Å². The molecule has 2 aromatic rings. The van der Waals surface area contributed by atoms with Crippen molar-refractivity contribution in [2.75, 3.05) is 5.73 Å². The quantitative estimate of drug-likeness (QED) is 0.814. The molecule has 18 heavy (non-hydrogen) atoms. The van der Waals surface area contributed by atoms with Gasteiger partial charge in [-0.15, -0.1) is 0 Å². The van der Waals surface area contributed by atoms with E-state index in [2.05, 4.69) is 9.97 Å². The highest BCUT2D eigenvalue weighted by molar-refractivity contribution is 5.93. The molecule has 2 rings (SSSR count). The number of halogens is 3. The van der Waals surface area contributed by atoms with E-state index in [1.807, 2.05) is 0 Å². The molecule has 94 valence electrons. The van der Waals surface area contributed by atoms with Crippen LogP contribution in [0.15, 0.2) is 18.2 Å². The molecule has 0 bridgehead atoms. The fourth-order valence-corrected chi connectivity index (χ4v) is 1.43. The number of hydrogen-bond acceptors (Lipinski definition) is 4. The third-order valence-corrected chi connectivity index (χ3v) is 2.25. The van der Waals surface area contributed by atoms with E-state index in [4.69, 9.17) is 10.8 Å². The molecule has 0 aliphatic rings. The lowest BCUT2D eigenvalue weighted by Crippen LogP contribution is -2.09. The van der Waals surface area contributed by atoms with Crippen molar-refractivity contribution >= 4 is 22.7 Å². The minimum Gasteiger partial charge on any atom is -0.475 e. The average Bonchev–Trinajstić information content (AvgIpc) is 2.26. The highest BCUT2D eigenvalue weighted by atomic mass is 19.4. The van der Waals surface area contributed by atoms with Crippen LogP contribution < -0.4 is 5.73 Å². The lowest BCUT2D eigenvalue weighted by molar-refractivity contribution is -0.137. The normalized spacial score (nSPS) is 11.7. The monoisotopic (exact) mass is 257 g/mol. The standard InChI is InChI=1S/C10H6F3N3O2/c11-10(12,13)4-1-2-5-6(3-4)15-8(9(17)18)16-7(5)14/h1-3H,(H,17,18)(H2,14,15,16). The largest absolute Gasteiger partial charge is 0.475 e. The van der Waals surface area contributed by atoms with Crippen molar-refractivity contribution in [1.29, 1.82) is 0 Å². The molecular formula is C10H6F3N3O2. The molecule has 0 aliphatic carbocycles. The van der Waals surface area contributed by atoms with Crippen LogP contribution in [-0.4, -0.2) is 21.0 Å². The first kappa shape index (κ1) is 12.1. The number of rotatable bonds is 1. The van der Waals surface area contributed by atoms with Crippen molar-refractivity contribution in [2.45, 2.75) is 6.18 Å². The Balaban J connectivity index is 2.72. The molecule has 0 saturated heterocycles. The minimum atomic E-state index is -4.53. The van der Waals surface area contributed by atoms with Gasteiger partial charge in [0.15, 0.2) is 0 Å². The van der Waals surface area contributed by atoms with Crippen LogP contribution in [0.1, 0.15) is 16.2 Å². The number of nitrogen functional groups attached to an aromatic ring is 1. The molecule has 8 heteroatoms. The van der Waals surface area contributed by atoms with Crippen molar-refractivity contribution in [3.05, 3.63) is 29.6 Å². The summed E-state index contributed by atoms with van der Waals surface area (Å²) in [5, 5.41) is 8.87. The molecule has 0 radical (unpaired) electrons. The second-order valence-electron chi connectivity index (χ2n) is 3.47. The van der Waals surface area contributed by atoms with Crippen LogP contribution in [0, 0.1) is 0 Å². The van der Waals surface area contributed by atoms with Gasteiger partial charge in [0.25, 0.3) is 0 Å². The maximum absolute atomic E-state index is 12.5. The van der Waals surface area contributed by atoms with Gasteiger partial charge in [-0.3, -0.25) is 0 Å². The fourth-order valence-electron chi connectivity index (χ4n) is 1.43. The van der Waals surface area contributed by atoms with Gasteiger partial charge in [-0.25, -0.2) is 14.8 Å². The van der Waals surface area contributed by atoms with Gasteiger partial charge >= 0.3 is 12.1 Å². The van der Waals surface area contributed by atoms with Crippen LogP contribution in [0.3, 0.4) is 0 Å². The number of aromatic nitrogens is 2. The summed E-state index contributed by atoms with van der Waals surface area (Å²) in [6, 6.07) is 2.68. The maximum Gasteiger partial charge on any atom is 0.416 e. The number of hydrogen-bond donors (Lipinski definition) is 2. The van der Waals surface area contributed by atoms with Crippen molar-refractivity contribution in [3.63, 3.8) is 0 Å². The van der Waals surface area contributed by atoms with Crippen molar-refractivity contribution in [3.8, 4) is 0 Å². The minimum absolute atomic E-state index is 0.158. The van der Waals surface area contributed by atoms with E-state index in [9.17, 15) is 18.0 Å². The predicted octanol–water partition coefficient (Wildman–Crippen LogP) is 1.93. The molecular weight excluding hydrogens is 251 g/mol. The highest BCUT2D eigenvalue weighted by Crippen LogP contribution is 2.31. The number of carboxylic acid groups (broad SMARTS) is 1. The zero-order chi connectivity index (χ0) is 13.5. The van der Waals surface area contributed by atoms with Crippen LogP contribution in [0.4, 0.5) is 19.0 Å². The van der Waals surface area contributed by atoms with Crippen molar-refractivity contribution < 1.29 is 23.1 Å². The number of benzene rings is 1. The molecule has 0 saturated carbocycles. The Hall–Kier alpha value is -2.38. The summed E-state index contributed by atoms with van der Waals surface area (Å²) in [5.41, 5.74) is 4.37. The number of carboxylic acids is 1. The lowest BCUT2D eigenvalue weighted by Gasteiger charge is -2.08. The Morgan fingerprint density at radius 2 is 1.94 bits per heavy atom. The summed E-state index contributed by atoms with van der Waals surface area (Å²) < 4.78 is 37.5. The first-order chi connectivity index (χ1) is 8.29. The van der Waals surface area contributed by atoms with Crippen LogP contribution in [0.25, 0.3) is 10.9 Å². The maximum atomic E-state index is 12.5. The summed E-state index contributed by atoms with van der Waals surface area (Å²) in [6.45, 7) is 0. The Labute approximate surface area is 98.1 Å². The molecule has 0 fully saturated rings. The molecule has 0 atom stereocenters. The van der Waals surface area contributed by atoms with E-state index in [0.717, 1.165) is 18.2 Å². The number of fused-ring (bicyclic) bond motifs is 1. The zero-order valence-electron chi connectivity index (χ0n) is 8.69. The van der Waals surface area contributed by atoms with Crippen LogP contribution in [-0.2, 0) is 6.18 Å². The molecule has 1 aromatic heterocycles. The van der Waals surface area contributed by atoms with Gasteiger partial charge in [-0.2, -0.15) is 13.2 Å². The Kier molecular flexibility index (Phi) is 2.57. The highest BCUT2D eigenvalue weighted by Gasteiger charge is 2.30. The SMILES string of the molecule is Nc1nc(C(=O)O)nc2cc(C(F)(F)F)ccc12. The summed E-state index contributed by atoms with van der Waals surface area (Å²) in [6.07, 6.45) is -4.53. The zero-order valence-corrected chi connectivity index (χ0v) is 8.69. The molecule has 5 nitrogen and oxygen atoms in total. The first-order valence-corrected chi connectivity index (χ1v) is 4.67. The van der Waals surface area contributed by atoms with Crippen molar-refractivity contribution in [2.24, 2.45) is 0 Å². The Morgan fingerprint density at radius 3 is 2.50 bits per heavy atom. The second-order valence-corrected chi connectivity index (χ2v) is 3.47. The third kappa shape index (κ3) is 2.04. The number of nitrogens with two attached hydrogens (primary N) is 1. The number of nitrogens with zero attached hydrogens (tertiary/aromatic N) is 2. The van der Waals surface area contributed by atoms with Crippen LogP contribution >= 0.6 is 0 Å². The first-order valence-electron chi connectivity index (χ1n) is 4.67. The summed E-state index contributed by atoms with van der Waals surface area (Å²) in [4.78, 5) is 17.7. The Bertz CT molecular complexity index is 640. The third-order valence-electron chi connectivity index (χ3n) is 2.25. The molecule has 0 amide bonds. The van der Waals surface area contributed by atoms with Gasteiger partial charge in [0.2, 0.25) is 5.82 Å². The van der Waals surface area contributed by atoms with E-state index in [1.54, 1.807) is 0 Å². The summed E-state index contributed by atoms with van der Waals surface area (Å²) in [7, 11) is 0. The predicted molar refractivity (Wildman–Crippen MR) is 55.9 cm³/mol. The second kappa shape index (κ2) is 3.83. The van der Waals surface area contributed by atoms with Crippen LogP contribution in [0.2, 0.25) is 0 Å². The van der Waals surface area contributed by atoms with E-state index < -0.39 is 23.5 Å². The van der Waals surface area contributed by atoms with Gasteiger partial charge < -0.3 is 10.8 Å². The smallest absolute Gasteiger partial charge is 0.416 e. The van der Waals surface area contributed by atoms with E-state index in [0.29, 0.717) is 0 Å². The van der Waals surface area contributed by atoms with Crippen molar-refractivity contribution in [1.82, 2.24) is 9.97 Å². The Morgan fingerprint density at radius 1 is 1.28 bits per heavy atom. The lowest BCUT2D eigenvalue weighted by atomic mass is 10.1. The van der Waals surface area contributed by atoms with Gasteiger partial charge in [0.05, 0.1) is 11.1 Å². The fraction of sp³-hybridized carbons (Fsp3) is 0.100. The molecule has 0 aliphatic heterocycles. The number of alkyl halides is 3. The van der Waals surface area contributed by atoms with Gasteiger partial charge in [0.1, 0.15) is 5.82 Å². The van der Waals surface area contributed by atoms with Gasteiger partial charge in [-0.1, -0.05) is 0 Å². The number of aromatic carboxylic acids is 1. The van der Waals surface area contributed by atoms with E-state index in [1.165, 1.54) is 0 Å². The molecule has 1 heterocycles. The van der Waals surface area contributed by atoms with Crippen LogP contribution in [0.5, 0.6) is 0 Å². The van der Waals surface area contributed by atoms with E-state index in [-0.39, 0.29) is 16.7 Å². The average molecular weight is 257 g/mol. The molecule has 1 aromatic carbocycles. The summed E-state index contributed by atoms with van der Waals surface area (Å²) >= 11 is 0. The molecule has 0 unspecified atom stereocenters. The summed E-state index contributed by atoms with van der Waals surface area (Å²) in [5.74, 6) is -2.27. The molecule has 3 N–H and O–H groups in total. The number of anilines is 1. The van der Waals surface area contributed by atoms with Gasteiger partial charge in [-0.05, 0) is 18.2 Å². The number of carbonyl (C=O) groups is 1. The van der Waals surface area contributed by atoms with Gasteiger partial charge in [0, 0.05) is 5.39 Å². The molecule has 0 spiro atoms.